The van der Waals surface area contributed by atoms with Crippen LogP contribution in [-0.2, 0) is 6.54 Å². The second kappa shape index (κ2) is 13.7. The molecule has 1 aliphatic rings. The first-order chi connectivity index (χ1) is 16.0. The van der Waals surface area contributed by atoms with Crippen molar-refractivity contribution >= 4 is 0 Å². The van der Waals surface area contributed by atoms with Crippen LogP contribution in [-0.4, -0.2) is 78.6 Å². The molecule has 0 saturated carbocycles. The van der Waals surface area contributed by atoms with E-state index >= 15 is 0 Å². The molecule has 33 heavy (non-hydrogen) atoms. The van der Waals surface area contributed by atoms with E-state index in [1.807, 2.05) is 24.3 Å². The third kappa shape index (κ3) is 8.76. The lowest BCUT2D eigenvalue weighted by Gasteiger charge is -2.36. The number of piperazine rings is 1. The van der Waals surface area contributed by atoms with Crippen molar-refractivity contribution in [3.8, 4) is 17.2 Å². The van der Waals surface area contributed by atoms with Crippen molar-refractivity contribution < 1.29 is 9.15 Å². The highest BCUT2D eigenvalue weighted by atomic mass is 16.5. The quantitative estimate of drug-likeness (QED) is 0.366. The first-order valence-corrected chi connectivity index (χ1v) is 12.9. The predicted molar refractivity (Wildman–Crippen MR) is 136 cm³/mol. The number of unbranched alkanes of at least 4 members (excludes halogenated alkanes) is 3. The van der Waals surface area contributed by atoms with Crippen LogP contribution in [0.15, 0.2) is 34.9 Å². The van der Waals surface area contributed by atoms with Crippen LogP contribution in [0.5, 0.6) is 5.75 Å². The average Bonchev–Trinajstić information content (AvgIpc) is 3.28. The van der Waals surface area contributed by atoms with Gasteiger partial charge in [0.05, 0.1) is 12.3 Å². The van der Waals surface area contributed by atoms with E-state index in [1.54, 1.807) is 6.26 Å². The summed E-state index contributed by atoms with van der Waals surface area (Å²) in [7, 11) is 2.15. The summed E-state index contributed by atoms with van der Waals surface area (Å²) < 4.78 is 11.7. The van der Waals surface area contributed by atoms with Crippen LogP contribution in [0, 0.1) is 0 Å². The minimum atomic E-state index is 0.656. The Morgan fingerprint density at radius 2 is 1.79 bits per heavy atom. The van der Waals surface area contributed by atoms with E-state index in [4.69, 9.17) is 9.15 Å². The van der Waals surface area contributed by atoms with E-state index in [9.17, 15) is 0 Å². The van der Waals surface area contributed by atoms with Crippen LogP contribution < -0.4 is 4.74 Å². The molecule has 1 saturated heterocycles. The second-order valence-corrected chi connectivity index (χ2v) is 9.64. The molecule has 184 valence electrons. The summed E-state index contributed by atoms with van der Waals surface area (Å²) >= 11 is 0. The van der Waals surface area contributed by atoms with Gasteiger partial charge in [-0.2, -0.15) is 0 Å². The molecule has 1 aliphatic heterocycles. The van der Waals surface area contributed by atoms with Gasteiger partial charge in [-0.1, -0.05) is 26.2 Å². The predicted octanol–water partition coefficient (Wildman–Crippen LogP) is 5.15. The summed E-state index contributed by atoms with van der Waals surface area (Å²) in [4.78, 5) is 12.1. The van der Waals surface area contributed by atoms with E-state index in [2.05, 4.69) is 47.5 Å². The van der Waals surface area contributed by atoms with Gasteiger partial charge in [-0.3, -0.25) is 4.90 Å². The van der Waals surface area contributed by atoms with E-state index in [0.717, 1.165) is 49.7 Å². The fraction of sp³-hybridized carbons (Fsp3) is 0.667. The molecule has 0 atom stereocenters. The van der Waals surface area contributed by atoms with Gasteiger partial charge in [0.15, 0.2) is 0 Å². The number of nitrogens with zero attached hydrogens (tertiary/aromatic N) is 4. The Morgan fingerprint density at radius 3 is 2.48 bits per heavy atom. The Balaban J connectivity index is 1.35. The van der Waals surface area contributed by atoms with Crippen molar-refractivity contribution in [1.29, 1.82) is 0 Å². The van der Waals surface area contributed by atoms with Gasteiger partial charge in [-0.25, -0.2) is 4.98 Å². The lowest BCUT2D eigenvalue weighted by molar-refractivity contribution is 0.104. The zero-order chi connectivity index (χ0) is 23.5. The Bertz CT molecular complexity index is 782. The SMILES string of the molecule is CCCCCCN(C)Cc1coc(-c2ccc(OCCCN3CCN(C(C)C)CC3)cc2)n1. The lowest BCUT2D eigenvalue weighted by atomic mass is 10.2. The van der Waals surface area contributed by atoms with Crippen molar-refractivity contribution in [2.75, 3.05) is 52.9 Å². The summed E-state index contributed by atoms with van der Waals surface area (Å²) in [6.07, 6.45) is 7.97. The van der Waals surface area contributed by atoms with Gasteiger partial charge < -0.3 is 19.0 Å². The van der Waals surface area contributed by atoms with E-state index < -0.39 is 0 Å². The Hall–Kier alpha value is -1.89. The standard InChI is InChI=1S/C27H44N4O2/c1-5-6-7-8-14-29(4)21-25-22-33-27(28-25)24-10-12-26(13-11-24)32-20-9-15-30-16-18-31(19-17-30)23(2)3/h10-13,22-23H,5-9,14-21H2,1-4H3. The molecule has 3 rings (SSSR count). The molecule has 0 unspecified atom stereocenters. The van der Waals surface area contributed by atoms with Gasteiger partial charge in [-0.05, 0) is 64.5 Å². The number of hydrogen-bond donors (Lipinski definition) is 0. The molecular formula is C27H44N4O2. The number of hydrogen-bond acceptors (Lipinski definition) is 6. The van der Waals surface area contributed by atoms with Crippen molar-refractivity contribution in [2.24, 2.45) is 0 Å². The number of rotatable bonds is 14. The van der Waals surface area contributed by atoms with Crippen molar-refractivity contribution in [3.05, 3.63) is 36.2 Å². The van der Waals surface area contributed by atoms with Crippen LogP contribution in [0.25, 0.3) is 11.5 Å². The first kappa shape index (κ1) is 25.7. The van der Waals surface area contributed by atoms with Gasteiger partial charge in [0, 0.05) is 50.9 Å². The molecule has 0 aliphatic carbocycles. The highest BCUT2D eigenvalue weighted by Crippen LogP contribution is 2.22. The molecule has 0 bridgehead atoms. The Kier molecular flexibility index (Phi) is 10.7. The van der Waals surface area contributed by atoms with Crippen molar-refractivity contribution in [1.82, 2.24) is 19.7 Å². The highest BCUT2D eigenvalue weighted by Gasteiger charge is 2.18. The van der Waals surface area contributed by atoms with Crippen molar-refractivity contribution in [3.63, 3.8) is 0 Å². The Morgan fingerprint density at radius 1 is 1.03 bits per heavy atom. The highest BCUT2D eigenvalue weighted by molar-refractivity contribution is 5.54. The first-order valence-electron chi connectivity index (χ1n) is 12.9. The van der Waals surface area contributed by atoms with Gasteiger partial charge in [-0.15, -0.1) is 0 Å². The molecule has 0 spiro atoms. The average molecular weight is 457 g/mol. The van der Waals surface area contributed by atoms with Crippen LogP contribution in [0.4, 0.5) is 0 Å². The monoisotopic (exact) mass is 456 g/mol. The maximum absolute atomic E-state index is 5.97. The molecule has 1 fully saturated rings. The molecule has 0 radical (unpaired) electrons. The summed E-state index contributed by atoms with van der Waals surface area (Å²) in [5.41, 5.74) is 1.97. The molecule has 1 aromatic carbocycles. The summed E-state index contributed by atoms with van der Waals surface area (Å²) in [5.74, 6) is 1.58. The molecule has 0 N–H and O–H groups in total. The molecule has 6 nitrogen and oxygen atoms in total. The maximum atomic E-state index is 5.97. The van der Waals surface area contributed by atoms with Crippen LogP contribution in [0.1, 0.15) is 58.6 Å². The Labute approximate surface area is 200 Å². The van der Waals surface area contributed by atoms with Gasteiger partial charge in [0.2, 0.25) is 5.89 Å². The minimum Gasteiger partial charge on any atom is -0.494 e. The van der Waals surface area contributed by atoms with Crippen LogP contribution in [0.2, 0.25) is 0 Å². The number of oxazole rings is 1. The molecule has 0 amide bonds. The zero-order valence-corrected chi connectivity index (χ0v) is 21.3. The fourth-order valence-corrected chi connectivity index (χ4v) is 4.35. The van der Waals surface area contributed by atoms with Crippen LogP contribution in [0.3, 0.4) is 0 Å². The number of ether oxygens (including phenoxy) is 1. The molecule has 6 heteroatoms. The number of benzene rings is 1. The molecule has 2 heterocycles. The maximum Gasteiger partial charge on any atom is 0.226 e. The molecule has 2 aromatic rings. The third-order valence-electron chi connectivity index (χ3n) is 6.50. The van der Waals surface area contributed by atoms with Gasteiger partial charge in [0.25, 0.3) is 0 Å². The molecular weight excluding hydrogens is 412 g/mol. The zero-order valence-electron chi connectivity index (χ0n) is 21.3. The summed E-state index contributed by atoms with van der Waals surface area (Å²) in [6, 6.07) is 8.75. The topological polar surface area (TPSA) is 45.0 Å². The van der Waals surface area contributed by atoms with Crippen molar-refractivity contribution in [2.45, 2.75) is 65.5 Å². The lowest BCUT2D eigenvalue weighted by Crippen LogP contribution is -2.49. The summed E-state index contributed by atoms with van der Waals surface area (Å²) in [5, 5.41) is 0. The largest absolute Gasteiger partial charge is 0.494 e. The van der Waals surface area contributed by atoms with Gasteiger partial charge >= 0.3 is 0 Å². The second-order valence-electron chi connectivity index (χ2n) is 9.64. The van der Waals surface area contributed by atoms with E-state index in [0.29, 0.717) is 11.9 Å². The molecule has 1 aromatic heterocycles. The van der Waals surface area contributed by atoms with E-state index in [1.165, 1.54) is 51.9 Å². The third-order valence-corrected chi connectivity index (χ3v) is 6.50. The van der Waals surface area contributed by atoms with Gasteiger partial charge in [0.1, 0.15) is 12.0 Å². The minimum absolute atomic E-state index is 0.656. The smallest absolute Gasteiger partial charge is 0.226 e. The van der Waals surface area contributed by atoms with Crippen LogP contribution >= 0.6 is 0 Å². The summed E-state index contributed by atoms with van der Waals surface area (Å²) in [6.45, 7) is 15.3. The van der Waals surface area contributed by atoms with E-state index in [-0.39, 0.29) is 0 Å². The fourth-order valence-electron chi connectivity index (χ4n) is 4.35. The number of aromatic nitrogens is 1. The normalized spacial score (nSPS) is 15.6.